The molecular formula is C14H23ClN2O2. The summed E-state index contributed by atoms with van der Waals surface area (Å²) in [6, 6.07) is 1.75. The second-order valence-electron chi connectivity index (χ2n) is 6.69. The van der Waals surface area contributed by atoms with Crippen molar-refractivity contribution in [2.24, 2.45) is 0 Å². The zero-order valence-electron chi connectivity index (χ0n) is 11.4. The Labute approximate surface area is 120 Å². The van der Waals surface area contributed by atoms with Gasteiger partial charge in [-0.3, -0.25) is 4.79 Å². The number of hydrogen-bond acceptors (Lipinski definition) is 3. The van der Waals surface area contributed by atoms with E-state index in [4.69, 9.17) is 4.74 Å². The summed E-state index contributed by atoms with van der Waals surface area (Å²) in [5.41, 5.74) is -0.0486. The summed E-state index contributed by atoms with van der Waals surface area (Å²) in [4.78, 5) is 14.3. The first-order chi connectivity index (χ1) is 8.65. The molecule has 3 heterocycles. The molecule has 4 rings (SSSR count). The highest BCUT2D eigenvalue weighted by molar-refractivity contribution is 5.85. The molecular weight excluding hydrogens is 264 g/mol. The maximum absolute atomic E-state index is 12.2. The lowest BCUT2D eigenvalue weighted by Gasteiger charge is -2.49. The van der Waals surface area contributed by atoms with Crippen LogP contribution in [0.4, 0.5) is 0 Å². The van der Waals surface area contributed by atoms with Crippen molar-refractivity contribution in [3.05, 3.63) is 0 Å². The Morgan fingerprint density at radius 1 is 1.21 bits per heavy atom. The number of carbonyl (C=O) groups is 1. The average Bonchev–Trinajstić information content (AvgIpc) is 3.11. The summed E-state index contributed by atoms with van der Waals surface area (Å²) in [6.45, 7) is 2.78. The van der Waals surface area contributed by atoms with Crippen molar-refractivity contribution in [1.29, 1.82) is 0 Å². The van der Waals surface area contributed by atoms with E-state index in [1.807, 2.05) is 6.92 Å². The van der Waals surface area contributed by atoms with Crippen LogP contribution in [0, 0.1) is 0 Å². The number of halogens is 1. The van der Waals surface area contributed by atoms with Gasteiger partial charge in [0.2, 0.25) is 0 Å². The fourth-order valence-corrected chi connectivity index (χ4v) is 4.21. The van der Waals surface area contributed by atoms with Gasteiger partial charge >= 0.3 is 0 Å². The Bertz CT molecular complexity index is 374. The third-order valence-corrected chi connectivity index (χ3v) is 5.08. The van der Waals surface area contributed by atoms with Crippen LogP contribution in [0.25, 0.3) is 0 Å². The minimum Gasteiger partial charge on any atom is -0.360 e. The summed E-state index contributed by atoms with van der Waals surface area (Å²) >= 11 is 0. The van der Waals surface area contributed by atoms with Crippen LogP contribution < -0.4 is 5.32 Å². The van der Waals surface area contributed by atoms with Gasteiger partial charge in [0.15, 0.2) is 0 Å². The van der Waals surface area contributed by atoms with Gasteiger partial charge in [-0.15, -0.1) is 12.4 Å². The Morgan fingerprint density at radius 2 is 1.84 bits per heavy atom. The Balaban J connectivity index is 0.00000110. The number of hydrogen-bond donors (Lipinski definition) is 1. The lowest BCUT2D eigenvalue weighted by Crippen LogP contribution is -2.63. The van der Waals surface area contributed by atoms with E-state index in [-0.39, 0.29) is 30.0 Å². The van der Waals surface area contributed by atoms with E-state index < -0.39 is 0 Å². The van der Waals surface area contributed by atoms with Gasteiger partial charge in [-0.1, -0.05) is 0 Å². The minimum atomic E-state index is -0.239. The van der Waals surface area contributed by atoms with Crippen molar-refractivity contribution in [3.63, 3.8) is 0 Å². The molecule has 1 amide bonds. The van der Waals surface area contributed by atoms with E-state index in [1.54, 1.807) is 0 Å². The molecule has 3 saturated heterocycles. The predicted molar refractivity (Wildman–Crippen MR) is 74.4 cm³/mol. The standard InChI is InChI=1S/C14H22N2O2.ClH/c1-9-13(17)16(12-4-5-12)8-14(18-9)6-10-2-3-11(7-14)15-10;/h9-12,15H,2-8H2,1H3;1H. The first-order valence-corrected chi connectivity index (χ1v) is 7.40. The number of amides is 1. The highest BCUT2D eigenvalue weighted by Crippen LogP contribution is 2.42. The maximum atomic E-state index is 12.2. The molecule has 4 aliphatic rings. The van der Waals surface area contributed by atoms with Crippen LogP contribution in [-0.4, -0.2) is 47.2 Å². The quantitative estimate of drug-likeness (QED) is 0.794. The van der Waals surface area contributed by atoms with Crippen molar-refractivity contribution in [2.45, 2.75) is 75.3 Å². The Morgan fingerprint density at radius 3 is 2.42 bits per heavy atom. The smallest absolute Gasteiger partial charge is 0.251 e. The molecule has 0 aromatic heterocycles. The first kappa shape index (κ1) is 13.7. The molecule has 1 aliphatic carbocycles. The van der Waals surface area contributed by atoms with E-state index >= 15 is 0 Å². The van der Waals surface area contributed by atoms with Crippen molar-refractivity contribution < 1.29 is 9.53 Å². The van der Waals surface area contributed by atoms with Gasteiger partial charge in [-0.05, 0) is 45.4 Å². The van der Waals surface area contributed by atoms with Crippen molar-refractivity contribution in [3.8, 4) is 0 Å². The molecule has 0 radical (unpaired) electrons. The molecule has 19 heavy (non-hydrogen) atoms. The molecule has 5 heteroatoms. The van der Waals surface area contributed by atoms with Gasteiger partial charge in [-0.2, -0.15) is 0 Å². The van der Waals surface area contributed by atoms with Crippen LogP contribution in [-0.2, 0) is 9.53 Å². The summed E-state index contributed by atoms with van der Waals surface area (Å²) in [6.07, 6.45) is 6.88. The molecule has 1 saturated carbocycles. The molecule has 0 aromatic carbocycles. The minimum absolute atomic E-state index is 0. The van der Waals surface area contributed by atoms with Crippen molar-refractivity contribution in [2.75, 3.05) is 6.54 Å². The van der Waals surface area contributed by atoms with E-state index in [2.05, 4.69) is 10.2 Å². The fourth-order valence-electron chi connectivity index (χ4n) is 4.21. The zero-order chi connectivity index (χ0) is 12.3. The van der Waals surface area contributed by atoms with E-state index in [9.17, 15) is 4.79 Å². The van der Waals surface area contributed by atoms with E-state index in [0.717, 1.165) is 19.4 Å². The number of carbonyl (C=O) groups excluding carboxylic acids is 1. The second kappa shape index (κ2) is 4.61. The molecule has 1 N–H and O–H groups in total. The van der Waals surface area contributed by atoms with E-state index in [0.29, 0.717) is 18.1 Å². The Hall–Kier alpha value is -0.320. The highest BCUT2D eigenvalue weighted by Gasteiger charge is 2.52. The lowest BCUT2D eigenvalue weighted by atomic mass is 9.85. The summed E-state index contributed by atoms with van der Waals surface area (Å²) in [7, 11) is 0. The number of nitrogens with zero attached hydrogens (tertiary/aromatic N) is 1. The summed E-state index contributed by atoms with van der Waals surface area (Å²) < 4.78 is 6.18. The number of rotatable bonds is 1. The van der Waals surface area contributed by atoms with Gasteiger partial charge in [0.25, 0.3) is 5.91 Å². The van der Waals surface area contributed by atoms with Crippen LogP contribution in [0.1, 0.15) is 45.4 Å². The number of ether oxygens (including phenoxy) is 1. The summed E-state index contributed by atoms with van der Waals surface area (Å²) in [5.74, 6) is 0.217. The number of morpholine rings is 1. The normalized spacial score (nSPS) is 45.4. The SMILES string of the molecule is CC1OC2(CC3CCC(C2)N3)CN(C2CC2)C1=O.Cl. The Kier molecular flexibility index (Phi) is 3.31. The lowest BCUT2D eigenvalue weighted by molar-refractivity contribution is -0.189. The third-order valence-electron chi connectivity index (χ3n) is 5.08. The van der Waals surface area contributed by atoms with Crippen molar-refractivity contribution in [1.82, 2.24) is 10.2 Å². The molecule has 4 fully saturated rings. The average molecular weight is 287 g/mol. The van der Waals surface area contributed by atoms with Crippen molar-refractivity contribution >= 4 is 18.3 Å². The van der Waals surface area contributed by atoms with Gasteiger partial charge in [-0.25, -0.2) is 0 Å². The second-order valence-corrected chi connectivity index (χ2v) is 6.69. The molecule has 3 aliphatic heterocycles. The summed E-state index contributed by atoms with van der Waals surface area (Å²) in [5, 5.41) is 3.66. The van der Waals surface area contributed by atoms with Crippen LogP contribution >= 0.6 is 12.4 Å². The monoisotopic (exact) mass is 286 g/mol. The molecule has 1 spiro atoms. The molecule has 2 bridgehead atoms. The van der Waals surface area contributed by atoms with Gasteiger partial charge in [0.05, 0.1) is 12.1 Å². The first-order valence-electron chi connectivity index (χ1n) is 7.40. The zero-order valence-corrected chi connectivity index (χ0v) is 12.2. The number of fused-ring (bicyclic) bond motifs is 2. The van der Waals surface area contributed by atoms with Crippen LogP contribution in [0.15, 0.2) is 0 Å². The van der Waals surface area contributed by atoms with Gasteiger partial charge < -0.3 is 15.0 Å². The molecule has 3 unspecified atom stereocenters. The highest BCUT2D eigenvalue weighted by atomic mass is 35.5. The maximum Gasteiger partial charge on any atom is 0.251 e. The van der Waals surface area contributed by atoms with Gasteiger partial charge in [0, 0.05) is 18.1 Å². The third kappa shape index (κ3) is 2.28. The largest absolute Gasteiger partial charge is 0.360 e. The van der Waals surface area contributed by atoms with Crippen LogP contribution in [0.5, 0.6) is 0 Å². The molecule has 3 atom stereocenters. The van der Waals surface area contributed by atoms with Gasteiger partial charge in [0.1, 0.15) is 6.10 Å². The fraction of sp³-hybridized carbons (Fsp3) is 0.929. The number of nitrogens with one attached hydrogen (secondary N) is 1. The molecule has 0 aromatic rings. The van der Waals surface area contributed by atoms with E-state index in [1.165, 1.54) is 25.7 Å². The van der Waals surface area contributed by atoms with Crippen LogP contribution in [0.2, 0.25) is 0 Å². The number of piperidine rings is 1. The van der Waals surface area contributed by atoms with Crippen LogP contribution in [0.3, 0.4) is 0 Å². The molecule has 4 nitrogen and oxygen atoms in total. The predicted octanol–water partition coefficient (Wildman–Crippen LogP) is 1.47. The topological polar surface area (TPSA) is 41.6 Å². The molecule has 108 valence electrons.